The standard InChI is InChI=1S/C18H33N3O3/c1-18(2,17(23)20-15-7-5-3-4-6-8-15)16(22)19-9-10-21-11-13-24-14-12-21/h15H,3-14H2,1-2H3,(H,19,22)(H,20,23). The summed E-state index contributed by atoms with van der Waals surface area (Å²) >= 11 is 0. The topological polar surface area (TPSA) is 70.7 Å². The third kappa shape index (κ3) is 5.74. The van der Waals surface area contributed by atoms with Gasteiger partial charge < -0.3 is 15.4 Å². The third-order valence-corrected chi connectivity index (χ3v) is 5.14. The van der Waals surface area contributed by atoms with Crippen LogP contribution >= 0.6 is 0 Å². The van der Waals surface area contributed by atoms with E-state index in [4.69, 9.17) is 4.74 Å². The summed E-state index contributed by atoms with van der Waals surface area (Å²) in [5.74, 6) is -0.347. The highest BCUT2D eigenvalue weighted by atomic mass is 16.5. The Hall–Kier alpha value is -1.14. The van der Waals surface area contributed by atoms with Gasteiger partial charge in [-0.05, 0) is 26.7 Å². The average molecular weight is 339 g/mol. The fourth-order valence-corrected chi connectivity index (χ4v) is 3.27. The number of morpholine rings is 1. The highest BCUT2D eigenvalue weighted by Gasteiger charge is 2.36. The maximum absolute atomic E-state index is 12.6. The zero-order chi connectivity index (χ0) is 17.4. The Bertz CT molecular complexity index is 412. The summed E-state index contributed by atoms with van der Waals surface area (Å²) in [4.78, 5) is 27.3. The first-order valence-corrected chi connectivity index (χ1v) is 9.39. The first-order chi connectivity index (χ1) is 11.5. The van der Waals surface area contributed by atoms with Gasteiger partial charge in [-0.1, -0.05) is 25.7 Å². The Kier molecular flexibility index (Phi) is 7.49. The molecule has 2 N–H and O–H groups in total. The molecule has 0 aromatic rings. The van der Waals surface area contributed by atoms with Gasteiger partial charge in [-0.2, -0.15) is 0 Å². The fraction of sp³-hybridized carbons (Fsp3) is 0.889. The summed E-state index contributed by atoms with van der Waals surface area (Å²) in [6.45, 7) is 8.11. The molecular formula is C18H33N3O3. The molecule has 2 amide bonds. The molecule has 1 saturated carbocycles. The molecule has 0 radical (unpaired) electrons. The van der Waals surface area contributed by atoms with Crippen molar-refractivity contribution in [2.45, 2.75) is 58.4 Å². The molecule has 0 spiro atoms. The van der Waals surface area contributed by atoms with E-state index in [1.165, 1.54) is 12.8 Å². The number of carbonyl (C=O) groups excluding carboxylic acids is 2. The molecule has 0 atom stereocenters. The second-order valence-corrected chi connectivity index (χ2v) is 7.50. The van der Waals surface area contributed by atoms with Crippen LogP contribution in [0.5, 0.6) is 0 Å². The van der Waals surface area contributed by atoms with Gasteiger partial charge in [0.05, 0.1) is 13.2 Å². The van der Waals surface area contributed by atoms with Gasteiger partial charge in [0.1, 0.15) is 5.41 Å². The molecule has 6 heteroatoms. The van der Waals surface area contributed by atoms with E-state index in [1.54, 1.807) is 13.8 Å². The third-order valence-electron chi connectivity index (χ3n) is 5.14. The van der Waals surface area contributed by atoms with Crippen molar-refractivity contribution in [3.63, 3.8) is 0 Å². The van der Waals surface area contributed by atoms with Crippen LogP contribution in [-0.2, 0) is 14.3 Å². The smallest absolute Gasteiger partial charge is 0.235 e. The van der Waals surface area contributed by atoms with E-state index in [2.05, 4.69) is 15.5 Å². The number of hydrogen-bond donors (Lipinski definition) is 2. The maximum Gasteiger partial charge on any atom is 0.235 e. The van der Waals surface area contributed by atoms with Crippen LogP contribution in [-0.4, -0.2) is 62.1 Å². The van der Waals surface area contributed by atoms with Crippen LogP contribution in [0.3, 0.4) is 0 Å². The number of carbonyl (C=O) groups is 2. The Balaban J connectivity index is 1.74. The Morgan fingerprint density at radius 2 is 1.67 bits per heavy atom. The molecule has 1 aliphatic heterocycles. The van der Waals surface area contributed by atoms with Crippen molar-refractivity contribution < 1.29 is 14.3 Å². The van der Waals surface area contributed by atoms with Gasteiger partial charge in [-0.25, -0.2) is 0 Å². The molecule has 0 aromatic carbocycles. The summed E-state index contributed by atoms with van der Waals surface area (Å²) in [5.41, 5.74) is -1.03. The van der Waals surface area contributed by atoms with Crippen molar-refractivity contribution in [3.05, 3.63) is 0 Å². The molecule has 24 heavy (non-hydrogen) atoms. The van der Waals surface area contributed by atoms with E-state index in [-0.39, 0.29) is 17.9 Å². The SMILES string of the molecule is CC(C)(C(=O)NCCN1CCOCC1)C(=O)NC1CCCCCC1. The fourth-order valence-electron chi connectivity index (χ4n) is 3.27. The Labute approximate surface area is 145 Å². The number of ether oxygens (including phenoxy) is 1. The van der Waals surface area contributed by atoms with E-state index in [9.17, 15) is 9.59 Å². The van der Waals surface area contributed by atoms with Crippen LogP contribution in [0.2, 0.25) is 0 Å². The molecule has 0 bridgehead atoms. The lowest BCUT2D eigenvalue weighted by atomic mass is 9.90. The zero-order valence-corrected chi connectivity index (χ0v) is 15.2. The van der Waals surface area contributed by atoms with E-state index >= 15 is 0 Å². The van der Waals surface area contributed by atoms with Crippen molar-refractivity contribution in [3.8, 4) is 0 Å². The summed E-state index contributed by atoms with van der Waals surface area (Å²) in [5, 5.41) is 6.01. The molecule has 6 nitrogen and oxygen atoms in total. The van der Waals surface area contributed by atoms with Crippen molar-refractivity contribution in [2.75, 3.05) is 39.4 Å². The first kappa shape index (κ1) is 19.2. The van der Waals surface area contributed by atoms with Gasteiger partial charge in [0.25, 0.3) is 0 Å². The van der Waals surface area contributed by atoms with Gasteiger partial charge in [0, 0.05) is 32.2 Å². The molecule has 1 saturated heterocycles. The highest BCUT2D eigenvalue weighted by Crippen LogP contribution is 2.20. The summed E-state index contributed by atoms with van der Waals surface area (Å²) < 4.78 is 5.31. The molecule has 1 aliphatic carbocycles. The molecule has 2 rings (SSSR count). The predicted octanol–water partition coefficient (Wildman–Crippen LogP) is 1.30. The number of amides is 2. The monoisotopic (exact) mass is 339 g/mol. The minimum atomic E-state index is -1.03. The second-order valence-electron chi connectivity index (χ2n) is 7.50. The van der Waals surface area contributed by atoms with E-state index < -0.39 is 5.41 Å². The minimum absolute atomic E-state index is 0.154. The van der Waals surface area contributed by atoms with Crippen molar-refractivity contribution in [2.24, 2.45) is 5.41 Å². The summed E-state index contributed by atoms with van der Waals surface area (Å²) in [7, 11) is 0. The van der Waals surface area contributed by atoms with Crippen molar-refractivity contribution in [1.82, 2.24) is 15.5 Å². The molecular weight excluding hydrogens is 306 g/mol. The molecule has 1 heterocycles. The average Bonchev–Trinajstić information content (AvgIpc) is 2.84. The minimum Gasteiger partial charge on any atom is -0.379 e. The lowest BCUT2D eigenvalue weighted by Gasteiger charge is -2.28. The Morgan fingerprint density at radius 3 is 2.29 bits per heavy atom. The van der Waals surface area contributed by atoms with Crippen molar-refractivity contribution >= 4 is 11.8 Å². The zero-order valence-electron chi connectivity index (χ0n) is 15.2. The van der Waals surface area contributed by atoms with Gasteiger partial charge in [0.2, 0.25) is 11.8 Å². The largest absolute Gasteiger partial charge is 0.379 e. The number of nitrogens with zero attached hydrogens (tertiary/aromatic N) is 1. The molecule has 138 valence electrons. The quantitative estimate of drug-likeness (QED) is 0.565. The van der Waals surface area contributed by atoms with Crippen LogP contribution in [0, 0.1) is 5.41 Å². The van der Waals surface area contributed by atoms with Crippen LogP contribution in [0.25, 0.3) is 0 Å². The van der Waals surface area contributed by atoms with Gasteiger partial charge in [-0.3, -0.25) is 14.5 Å². The number of nitrogens with one attached hydrogen (secondary N) is 2. The van der Waals surface area contributed by atoms with Crippen LogP contribution in [0.4, 0.5) is 0 Å². The predicted molar refractivity (Wildman–Crippen MR) is 93.7 cm³/mol. The Morgan fingerprint density at radius 1 is 1.04 bits per heavy atom. The lowest BCUT2D eigenvalue weighted by molar-refractivity contribution is -0.141. The van der Waals surface area contributed by atoms with Crippen LogP contribution in [0.1, 0.15) is 52.4 Å². The summed E-state index contributed by atoms with van der Waals surface area (Å²) in [6, 6.07) is 0.223. The lowest BCUT2D eigenvalue weighted by Crippen LogP contribution is -2.51. The van der Waals surface area contributed by atoms with Crippen LogP contribution < -0.4 is 10.6 Å². The van der Waals surface area contributed by atoms with E-state index in [1.807, 2.05) is 0 Å². The van der Waals surface area contributed by atoms with Crippen molar-refractivity contribution in [1.29, 1.82) is 0 Å². The molecule has 2 aliphatic rings. The molecule has 0 unspecified atom stereocenters. The second kappa shape index (κ2) is 9.37. The molecule has 0 aromatic heterocycles. The summed E-state index contributed by atoms with van der Waals surface area (Å²) in [6.07, 6.45) is 6.88. The van der Waals surface area contributed by atoms with Gasteiger partial charge in [-0.15, -0.1) is 0 Å². The first-order valence-electron chi connectivity index (χ1n) is 9.39. The van der Waals surface area contributed by atoms with Gasteiger partial charge in [0.15, 0.2) is 0 Å². The maximum atomic E-state index is 12.6. The number of hydrogen-bond acceptors (Lipinski definition) is 4. The van der Waals surface area contributed by atoms with Crippen LogP contribution in [0.15, 0.2) is 0 Å². The molecule has 2 fully saturated rings. The highest BCUT2D eigenvalue weighted by molar-refractivity contribution is 6.04. The van der Waals surface area contributed by atoms with E-state index in [0.29, 0.717) is 6.54 Å². The number of rotatable bonds is 6. The van der Waals surface area contributed by atoms with Gasteiger partial charge >= 0.3 is 0 Å². The van der Waals surface area contributed by atoms with E-state index in [0.717, 1.165) is 58.5 Å². The normalized spacial score (nSPS) is 21.1.